The van der Waals surface area contributed by atoms with E-state index >= 15 is 0 Å². The number of H-pyrrole nitrogens is 1. The van der Waals surface area contributed by atoms with Gasteiger partial charge in [0, 0.05) is 12.7 Å². The fourth-order valence-electron chi connectivity index (χ4n) is 1.85. The van der Waals surface area contributed by atoms with Crippen LogP contribution in [0, 0.1) is 6.92 Å². The summed E-state index contributed by atoms with van der Waals surface area (Å²) in [6.45, 7) is 13.5. The zero-order valence-electron chi connectivity index (χ0n) is 13.9. The number of amides is 1. The molecule has 20 heavy (non-hydrogen) atoms. The number of aryl methyl sites for hydroxylation is 2. The molecule has 1 amide bonds. The largest absolute Gasteiger partial charge is 0.444 e. The summed E-state index contributed by atoms with van der Waals surface area (Å²) in [4.78, 5) is 21.7. The van der Waals surface area contributed by atoms with Crippen LogP contribution in [0.2, 0.25) is 0 Å². The highest BCUT2D eigenvalue weighted by molar-refractivity contribution is 5.68. The summed E-state index contributed by atoms with van der Waals surface area (Å²) in [5.74, 6) is 0.778. The molecule has 1 heterocycles. The molecule has 0 fully saturated rings. The van der Waals surface area contributed by atoms with Crippen molar-refractivity contribution in [1.29, 1.82) is 0 Å². The molecular weight excluding hydrogens is 254 g/mol. The first kappa shape index (κ1) is 16.5. The number of hydrogen-bond donors (Lipinski definition) is 1. The predicted molar refractivity (Wildman–Crippen MR) is 79.7 cm³/mol. The highest BCUT2D eigenvalue weighted by Gasteiger charge is 2.35. The summed E-state index contributed by atoms with van der Waals surface area (Å²) in [5, 5.41) is 0. The molecule has 5 nitrogen and oxygen atoms in total. The third-order valence-corrected chi connectivity index (χ3v) is 3.41. The molecule has 0 aliphatic heterocycles. The Labute approximate surface area is 121 Å². The van der Waals surface area contributed by atoms with E-state index in [4.69, 9.17) is 4.74 Å². The van der Waals surface area contributed by atoms with Gasteiger partial charge in [-0.25, -0.2) is 9.78 Å². The van der Waals surface area contributed by atoms with Crippen LogP contribution in [0.3, 0.4) is 0 Å². The highest BCUT2D eigenvalue weighted by Crippen LogP contribution is 2.27. The Morgan fingerprint density at radius 1 is 1.30 bits per heavy atom. The molecule has 0 radical (unpaired) electrons. The molecule has 0 atom stereocenters. The van der Waals surface area contributed by atoms with E-state index in [1.165, 1.54) is 0 Å². The van der Waals surface area contributed by atoms with Crippen molar-refractivity contribution in [3.63, 3.8) is 0 Å². The van der Waals surface area contributed by atoms with Gasteiger partial charge in [0.1, 0.15) is 11.4 Å². The van der Waals surface area contributed by atoms with E-state index in [1.807, 2.05) is 41.5 Å². The van der Waals surface area contributed by atoms with Crippen LogP contribution < -0.4 is 0 Å². The Kier molecular flexibility index (Phi) is 4.52. The fraction of sp³-hybridized carbons (Fsp3) is 0.733. The van der Waals surface area contributed by atoms with Crippen molar-refractivity contribution in [3.8, 4) is 0 Å². The molecular formula is C15H27N3O2. The number of hydrogen-bond acceptors (Lipinski definition) is 3. The normalized spacial score (nSPS) is 12.4. The van der Waals surface area contributed by atoms with Crippen molar-refractivity contribution in [3.05, 3.63) is 17.2 Å². The third kappa shape index (κ3) is 3.52. The van der Waals surface area contributed by atoms with Crippen LogP contribution >= 0.6 is 0 Å². The number of nitrogens with zero attached hydrogens (tertiary/aromatic N) is 2. The van der Waals surface area contributed by atoms with Gasteiger partial charge in [0.15, 0.2) is 0 Å². The van der Waals surface area contributed by atoms with Gasteiger partial charge in [0.2, 0.25) is 0 Å². The summed E-state index contributed by atoms with van der Waals surface area (Å²) in [5.41, 5.74) is 1.02. The molecule has 0 spiro atoms. The van der Waals surface area contributed by atoms with Crippen LogP contribution in [0.25, 0.3) is 0 Å². The van der Waals surface area contributed by atoms with E-state index in [9.17, 15) is 4.79 Å². The van der Waals surface area contributed by atoms with Crippen LogP contribution in [-0.4, -0.2) is 33.6 Å². The number of aromatic nitrogens is 2. The topological polar surface area (TPSA) is 58.2 Å². The molecule has 0 aliphatic rings. The monoisotopic (exact) mass is 281 g/mol. The third-order valence-electron chi connectivity index (χ3n) is 3.41. The van der Waals surface area contributed by atoms with E-state index in [0.717, 1.165) is 23.6 Å². The second-order valence-electron chi connectivity index (χ2n) is 6.61. The Bertz CT molecular complexity index is 484. The van der Waals surface area contributed by atoms with Gasteiger partial charge in [0.25, 0.3) is 0 Å². The number of carbonyl (C=O) groups excluding carboxylic acids is 1. The van der Waals surface area contributed by atoms with Crippen LogP contribution in [0.5, 0.6) is 0 Å². The Balaban J connectivity index is 2.99. The quantitative estimate of drug-likeness (QED) is 0.924. The zero-order valence-corrected chi connectivity index (χ0v) is 13.9. The Hall–Kier alpha value is -1.52. The van der Waals surface area contributed by atoms with Crippen LogP contribution in [0.4, 0.5) is 4.79 Å². The molecule has 0 unspecified atom stereocenters. The van der Waals surface area contributed by atoms with Gasteiger partial charge in [-0.15, -0.1) is 0 Å². The van der Waals surface area contributed by atoms with Crippen molar-refractivity contribution in [1.82, 2.24) is 14.9 Å². The molecule has 1 rings (SSSR count). The maximum absolute atomic E-state index is 12.2. The number of rotatable bonds is 3. The van der Waals surface area contributed by atoms with Crippen molar-refractivity contribution in [2.45, 2.75) is 66.0 Å². The average Bonchev–Trinajstić information content (AvgIpc) is 2.67. The molecule has 0 saturated heterocycles. The minimum Gasteiger partial charge on any atom is -0.444 e. The van der Waals surface area contributed by atoms with Crippen molar-refractivity contribution >= 4 is 6.09 Å². The van der Waals surface area contributed by atoms with Gasteiger partial charge < -0.3 is 9.72 Å². The van der Waals surface area contributed by atoms with Gasteiger partial charge in [-0.05, 0) is 48.0 Å². The Morgan fingerprint density at radius 2 is 1.85 bits per heavy atom. The Morgan fingerprint density at radius 3 is 2.25 bits per heavy atom. The fourth-order valence-corrected chi connectivity index (χ4v) is 1.85. The number of nitrogens with one attached hydrogen (secondary N) is 1. The number of imidazole rings is 1. The van der Waals surface area contributed by atoms with Gasteiger partial charge in [0.05, 0.1) is 11.2 Å². The molecule has 0 bridgehead atoms. The van der Waals surface area contributed by atoms with E-state index < -0.39 is 11.1 Å². The van der Waals surface area contributed by atoms with Gasteiger partial charge in [-0.1, -0.05) is 6.92 Å². The lowest BCUT2D eigenvalue weighted by Gasteiger charge is -2.35. The summed E-state index contributed by atoms with van der Waals surface area (Å²) in [6, 6.07) is 0. The zero-order chi connectivity index (χ0) is 15.7. The maximum atomic E-state index is 12.2. The molecule has 0 aliphatic carbocycles. The summed E-state index contributed by atoms with van der Waals surface area (Å²) in [7, 11) is 1.73. The van der Waals surface area contributed by atoms with Gasteiger partial charge >= 0.3 is 6.09 Å². The summed E-state index contributed by atoms with van der Waals surface area (Å²) in [6.07, 6.45) is 0.517. The van der Waals surface area contributed by atoms with Gasteiger partial charge in [-0.2, -0.15) is 0 Å². The first-order valence-electron chi connectivity index (χ1n) is 7.01. The molecule has 0 aromatic carbocycles. The van der Waals surface area contributed by atoms with Crippen molar-refractivity contribution in [2.75, 3.05) is 7.05 Å². The molecule has 0 saturated carbocycles. The maximum Gasteiger partial charge on any atom is 0.410 e. The van der Waals surface area contributed by atoms with Crippen molar-refractivity contribution < 1.29 is 9.53 Å². The van der Waals surface area contributed by atoms with Crippen LogP contribution in [0.1, 0.15) is 58.8 Å². The van der Waals surface area contributed by atoms with E-state index in [2.05, 4.69) is 16.9 Å². The average molecular weight is 281 g/mol. The smallest absolute Gasteiger partial charge is 0.410 e. The molecule has 1 aromatic heterocycles. The first-order valence-corrected chi connectivity index (χ1v) is 7.01. The number of ether oxygens (including phenoxy) is 1. The number of aromatic amines is 1. The van der Waals surface area contributed by atoms with Crippen LogP contribution in [0.15, 0.2) is 0 Å². The lowest BCUT2D eigenvalue weighted by atomic mass is 10.0. The lowest BCUT2D eigenvalue weighted by molar-refractivity contribution is 0.00904. The minimum absolute atomic E-state index is 0.352. The van der Waals surface area contributed by atoms with E-state index in [1.54, 1.807) is 11.9 Å². The second-order valence-corrected chi connectivity index (χ2v) is 6.61. The van der Waals surface area contributed by atoms with E-state index in [0.29, 0.717) is 0 Å². The standard InChI is InChI=1S/C15H27N3O2/c1-9-11-10(2)16-12(17-11)15(6,7)18(8)13(19)20-14(3,4)5/h9H2,1-8H3,(H,16,17). The molecule has 1 aromatic rings. The molecule has 5 heteroatoms. The lowest BCUT2D eigenvalue weighted by Crippen LogP contribution is -2.45. The van der Waals surface area contributed by atoms with Crippen molar-refractivity contribution in [2.24, 2.45) is 0 Å². The summed E-state index contributed by atoms with van der Waals surface area (Å²) >= 11 is 0. The summed E-state index contributed by atoms with van der Waals surface area (Å²) < 4.78 is 5.42. The highest BCUT2D eigenvalue weighted by atomic mass is 16.6. The SMILES string of the molecule is CCc1nc(C(C)(C)N(C)C(=O)OC(C)(C)C)[nH]c1C. The molecule has 114 valence electrons. The van der Waals surface area contributed by atoms with E-state index in [-0.39, 0.29) is 6.09 Å². The van der Waals surface area contributed by atoms with Gasteiger partial charge in [-0.3, -0.25) is 4.90 Å². The van der Waals surface area contributed by atoms with Crippen LogP contribution in [-0.2, 0) is 16.7 Å². The first-order chi connectivity index (χ1) is 8.99. The predicted octanol–water partition coefficient (Wildman–Crippen LogP) is 3.38. The molecule has 1 N–H and O–H groups in total. The minimum atomic E-state index is -0.555. The second kappa shape index (κ2) is 5.46. The number of carbonyl (C=O) groups is 1.